The highest BCUT2D eigenvalue weighted by atomic mass is 19.1. The summed E-state index contributed by atoms with van der Waals surface area (Å²) in [6.45, 7) is 5.85. The Hall–Kier alpha value is -3.55. The maximum atomic E-state index is 14.3. The fraction of sp³-hybridized carbons (Fsp3) is 0.200. The number of halogens is 1. The number of benzene rings is 1. The lowest BCUT2D eigenvalue weighted by atomic mass is 10.2. The number of hydrogen-bond donors (Lipinski definition) is 0. The molecule has 0 saturated heterocycles. The largest absolute Gasteiger partial charge is 0.338 e. The topological polar surface area (TPSA) is 70.5 Å². The number of aryl methyl sites for hydroxylation is 1. The second-order valence-electron chi connectivity index (χ2n) is 6.81. The Balaban J connectivity index is 1.78. The van der Waals surface area contributed by atoms with Crippen LogP contribution >= 0.6 is 0 Å². The SMILES string of the molecule is Cc1ccc(-n2ccn(-c3cccc(-c4nncn4C(C)C)n3)c2=O)c(F)c1. The zero-order valence-corrected chi connectivity index (χ0v) is 15.7. The Morgan fingerprint density at radius 1 is 1.07 bits per heavy atom. The molecule has 0 aliphatic heterocycles. The molecule has 3 heterocycles. The van der Waals surface area contributed by atoms with Gasteiger partial charge in [-0.1, -0.05) is 12.1 Å². The molecule has 0 N–H and O–H groups in total. The van der Waals surface area contributed by atoms with Gasteiger partial charge in [0.25, 0.3) is 0 Å². The standard InChI is InChI=1S/C20H19FN6O/c1-13(2)27-12-22-24-19(27)16-5-4-6-18(23-16)26-10-9-25(20(26)28)17-8-7-14(3)11-15(17)21/h4-13H,1-3H3. The summed E-state index contributed by atoms with van der Waals surface area (Å²) >= 11 is 0. The van der Waals surface area contributed by atoms with Crippen molar-refractivity contribution in [1.29, 1.82) is 0 Å². The van der Waals surface area contributed by atoms with Crippen LogP contribution in [-0.2, 0) is 0 Å². The maximum absolute atomic E-state index is 14.3. The van der Waals surface area contributed by atoms with Gasteiger partial charge in [-0.15, -0.1) is 10.2 Å². The molecule has 0 unspecified atom stereocenters. The van der Waals surface area contributed by atoms with Crippen molar-refractivity contribution in [3.63, 3.8) is 0 Å². The van der Waals surface area contributed by atoms with Crippen LogP contribution in [0.4, 0.5) is 4.39 Å². The van der Waals surface area contributed by atoms with Crippen LogP contribution < -0.4 is 5.69 Å². The number of nitrogens with zero attached hydrogens (tertiary/aromatic N) is 6. The third kappa shape index (κ3) is 3.02. The van der Waals surface area contributed by atoms with E-state index in [4.69, 9.17) is 0 Å². The lowest BCUT2D eigenvalue weighted by Crippen LogP contribution is -2.23. The molecule has 0 radical (unpaired) electrons. The summed E-state index contributed by atoms with van der Waals surface area (Å²) in [6, 6.07) is 10.3. The van der Waals surface area contributed by atoms with Crippen molar-refractivity contribution < 1.29 is 4.39 Å². The first kappa shape index (κ1) is 17.8. The highest BCUT2D eigenvalue weighted by molar-refractivity contribution is 5.51. The lowest BCUT2D eigenvalue weighted by Gasteiger charge is -2.10. The van der Waals surface area contributed by atoms with E-state index in [1.54, 1.807) is 43.7 Å². The van der Waals surface area contributed by atoms with Gasteiger partial charge < -0.3 is 4.57 Å². The third-order valence-electron chi connectivity index (χ3n) is 4.48. The van der Waals surface area contributed by atoms with E-state index < -0.39 is 11.5 Å². The summed E-state index contributed by atoms with van der Waals surface area (Å²) in [4.78, 5) is 17.4. The first-order chi connectivity index (χ1) is 13.5. The van der Waals surface area contributed by atoms with Gasteiger partial charge in [-0.05, 0) is 50.6 Å². The molecule has 3 aromatic heterocycles. The van der Waals surface area contributed by atoms with Crippen LogP contribution in [0.1, 0.15) is 25.5 Å². The van der Waals surface area contributed by atoms with Crippen LogP contribution in [0.3, 0.4) is 0 Å². The van der Waals surface area contributed by atoms with E-state index in [2.05, 4.69) is 15.2 Å². The van der Waals surface area contributed by atoms with Crippen LogP contribution in [0, 0.1) is 12.7 Å². The Morgan fingerprint density at radius 2 is 1.86 bits per heavy atom. The van der Waals surface area contributed by atoms with Gasteiger partial charge in [0.15, 0.2) is 5.82 Å². The lowest BCUT2D eigenvalue weighted by molar-refractivity contribution is 0.603. The van der Waals surface area contributed by atoms with Crippen LogP contribution in [0.15, 0.2) is 59.9 Å². The zero-order chi connectivity index (χ0) is 19.8. The highest BCUT2D eigenvalue weighted by Crippen LogP contribution is 2.19. The van der Waals surface area contributed by atoms with E-state index >= 15 is 0 Å². The van der Waals surface area contributed by atoms with Gasteiger partial charge in [0.1, 0.15) is 23.7 Å². The van der Waals surface area contributed by atoms with Gasteiger partial charge in [0, 0.05) is 18.4 Å². The number of rotatable bonds is 4. The Kier molecular flexibility index (Phi) is 4.38. The summed E-state index contributed by atoms with van der Waals surface area (Å²) in [7, 11) is 0. The van der Waals surface area contributed by atoms with E-state index in [-0.39, 0.29) is 11.7 Å². The first-order valence-electron chi connectivity index (χ1n) is 8.89. The van der Waals surface area contributed by atoms with Crippen molar-refractivity contribution in [2.75, 3.05) is 0 Å². The molecule has 0 fully saturated rings. The number of hydrogen-bond acceptors (Lipinski definition) is 4. The molecule has 0 aliphatic carbocycles. The summed E-state index contributed by atoms with van der Waals surface area (Å²) in [5.41, 5.74) is 1.19. The monoisotopic (exact) mass is 378 g/mol. The van der Waals surface area contributed by atoms with Gasteiger partial charge >= 0.3 is 5.69 Å². The molecule has 1 aromatic carbocycles. The average Bonchev–Trinajstić information content (AvgIpc) is 3.29. The predicted octanol–water partition coefficient (Wildman–Crippen LogP) is 3.31. The molecule has 0 atom stereocenters. The molecule has 0 bridgehead atoms. The van der Waals surface area contributed by atoms with Crippen molar-refractivity contribution in [3.8, 4) is 23.0 Å². The van der Waals surface area contributed by atoms with Crippen LogP contribution in [0.25, 0.3) is 23.0 Å². The fourth-order valence-electron chi connectivity index (χ4n) is 3.03. The molecule has 0 spiro atoms. The molecular formula is C20H19FN6O. The van der Waals surface area contributed by atoms with E-state index in [1.165, 1.54) is 21.4 Å². The van der Waals surface area contributed by atoms with E-state index in [0.29, 0.717) is 17.3 Å². The molecule has 4 rings (SSSR count). The minimum Gasteiger partial charge on any atom is -0.310 e. The Morgan fingerprint density at radius 3 is 2.61 bits per heavy atom. The maximum Gasteiger partial charge on any atom is 0.338 e. The van der Waals surface area contributed by atoms with Crippen LogP contribution in [-0.4, -0.2) is 28.9 Å². The molecule has 7 nitrogen and oxygen atoms in total. The molecule has 4 aromatic rings. The summed E-state index contributed by atoms with van der Waals surface area (Å²) < 4.78 is 18.8. The predicted molar refractivity (Wildman–Crippen MR) is 103 cm³/mol. The smallest absolute Gasteiger partial charge is 0.310 e. The quantitative estimate of drug-likeness (QED) is 0.546. The van der Waals surface area contributed by atoms with Crippen LogP contribution in [0.2, 0.25) is 0 Å². The minimum atomic E-state index is -0.452. The number of aromatic nitrogens is 6. The molecule has 142 valence electrons. The minimum absolute atomic E-state index is 0.170. The van der Waals surface area contributed by atoms with Gasteiger partial charge in [-0.25, -0.2) is 14.2 Å². The van der Waals surface area contributed by atoms with E-state index in [0.717, 1.165) is 5.56 Å². The number of pyridine rings is 1. The summed E-state index contributed by atoms with van der Waals surface area (Å²) in [5, 5.41) is 8.10. The van der Waals surface area contributed by atoms with Gasteiger partial charge in [0.05, 0.1) is 5.69 Å². The highest BCUT2D eigenvalue weighted by Gasteiger charge is 2.15. The van der Waals surface area contributed by atoms with E-state index in [1.807, 2.05) is 24.5 Å². The molecule has 8 heteroatoms. The third-order valence-corrected chi connectivity index (χ3v) is 4.48. The van der Waals surface area contributed by atoms with Crippen molar-refractivity contribution in [2.24, 2.45) is 0 Å². The molecule has 0 amide bonds. The summed E-state index contributed by atoms with van der Waals surface area (Å²) in [5.74, 6) is 0.590. The first-order valence-corrected chi connectivity index (χ1v) is 8.89. The number of imidazole rings is 1. The fourth-order valence-corrected chi connectivity index (χ4v) is 3.03. The molecular weight excluding hydrogens is 359 g/mol. The summed E-state index contributed by atoms with van der Waals surface area (Å²) in [6.07, 6.45) is 4.75. The van der Waals surface area contributed by atoms with Crippen molar-refractivity contribution in [1.82, 2.24) is 28.9 Å². The van der Waals surface area contributed by atoms with Crippen molar-refractivity contribution in [2.45, 2.75) is 26.8 Å². The van der Waals surface area contributed by atoms with Crippen molar-refractivity contribution in [3.05, 3.63) is 77.0 Å². The molecule has 28 heavy (non-hydrogen) atoms. The second kappa shape index (κ2) is 6.88. The van der Waals surface area contributed by atoms with Gasteiger partial charge in [-0.3, -0.25) is 9.13 Å². The Labute approximate surface area is 160 Å². The van der Waals surface area contributed by atoms with Crippen LogP contribution in [0.5, 0.6) is 0 Å². The molecule has 0 saturated carbocycles. The Bertz CT molecular complexity index is 1200. The van der Waals surface area contributed by atoms with Gasteiger partial charge in [0.2, 0.25) is 0 Å². The van der Waals surface area contributed by atoms with Gasteiger partial charge in [-0.2, -0.15) is 0 Å². The van der Waals surface area contributed by atoms with Crippen molar-refractivity contribution >= 4 is 0 Å². The zero-order valence-electron chi connectivity index (χ0n) is 15.7. The average molecular weight is 378 g/mol. The normalized spacial score (nSPS) is 11.3. The van der Waals surface area contributed by atoms with E-state index in [9.17, 15) is 9.18 Å². The molecule has 0 aliphatic rings. The second-order valence-corrected chi connectivity index (χ2v) is 6.81.